The van der Waals surface area contributed by atoms with Crippen molar-refractivity contribution >= 4 is 96.3 Å². The number of anilines is 3. The summed E-state index contributed by atoms with van der Waals surface area (Å²) in [5.74, 6) is 8.88. The van der Waals surface area contributed by atoms with E-state index >= 15 is 0 Å². The molecule has 0 fully saturated rings. The van der Waals surface area contributed by atoms with Crippen LogP contribution < -0.4 is 33.2 Å². The van der Waals surface area contributed by atoms with E-state index in [4.69, 9.17) is 49.2 Å². The van der Waals surface area contributed by atoms with Crippen molar-refractivity contribution in [3.8, 4) is 57.7 Å². The standard InChI is InChI=1S/C31H37N5O.2C21H18ClN5O2/c1-5-36(6-2)18-15-33-31(37)26-8-7-22(3)24(19-26)9-10-27-21-34-30(32)29-20-25(11-12-28(27)29)23-13-16-35(4)17-14-23;1-2-9-24-19(28)12-3-5-13(6-4-12)20-26-27-21(29-20)17-11-25-18(23)15-8-7-14(22)10-16(15)17;1-2-9-24-19(28)12-3-5-13(6-4-12)20-26-27-21(29-20)17-11-25-18(23)16-10-14(22)7-8-15(16)17/h7-8,11-13,19-21H,5-6,14-18H2,1-4H3,(H2,32,34)(H,33,37);2*3-8,10-11H,2,9H2,1H3,(H2,23,25)(H,24,28). The minimum absolute atomic E-state index is 0.0782. The van der Waals surface area contributed by atoms with Crippen molar-refractivity contribution in [1.82, 2.24) is 61.1 Å². The van der Waals surface area contributed by atoms with Crippen LogP contribution >= 0.6 is 23.2 Å². The van der Waals surface area contributed by atoms with E-state index in [0.717, 1.165) is 101 Å². The number of nitrogen functional groups attached to an aromatic ring is 3. The van der Waals surface area contributed by atoms with Gasteiger partial charge in [-0.1, -0.05) is 93.1 Å². The number of amides is 3. The van der Waals surface area contributed by atoms with Gasteiger partial charge < -0.3 is 51.8 Å². The Labute approximate surface area is 560 Å². The summed E-state index contributed by atoms with van der Waals surface area (Å²) in [5.41, 5.74) is 27.9. The van der Waals surface area contributed by atoms with Crippen molar-refractivity contribution in [2.45, 2.75) is 53.9 Å². The molecule has 6 aromatic carbocycles. The van der Waals surface area contributed by atoms with Gasteiger partial charge >= 0.3 is 0 Å². The Bertz CT molecular complexity index is 4690. The average molecular weight is 1310 g/mol. The van der Waals surface area contributed by atoms with E-state index in [-0.39, 0.29) is 17.7 Å². The molecule has 9 N–H and O–H groups in total. The molecule has 12 rings (SSSR count). The fraction of sp³-hybridized carbons (Fsp3) is 0.233. The first-order chi connectivity index (χ1) is 46.0. The summed E-state index contributed by atoms with van der Waals surface area (Å²) in [6.45, 7) is 17.0. The normalized spacial score (nSPS) is 12.1. The van der Waals surface area contributed by atoms with Gasteiger partial charge in [-0.3, -0.25) is 14.4 Å². The maximum atomic E-state index is 12.7. The van der Waals surface area contributed by atoms with E-state index in [9.17, 15) is 14.4 Å². The molecule has 5 aromatic heterocycles. The average Bonchev–Trinajstić information content (AvgIpc) is 1.79. The van der Waals surface area contributed by atoms with Crippen molar-refractivity contribution in [1.29, 1.82) is 0 Å². The summed E-state index contributed by atoms with van der Waals surface area (Å²) in [5, 5.41) is 31.4. The molecule has 0 spiro atoms. The lowest BCUT2D eigenvalue weighted by Crippen LogP contribution is -2.34. The zero-order chi connectivity index (χ0) is 67.1. The highest BCUT2D eigenvalue weighted by atomic mass is 35.5. The van der Waals surface area contributed by atoms with Crippen LogP contribution in [-0.2, 0) is 0 Å². The van der Waals surface area contributed by atoms with Crippen LogP contribution in [0.3, 0.4) is 0 Å². The van der Waals surface area contributed by atoms with E-state index < -0.39 is 0 Å². The summed E-state index contributed by atoms with van der Waals surface area (Å²) < 4.78 is 11.7. The third-order valence-corrected chi connectivity index (χ3v) is 16.5. The van der Waals surface area contributed by atoms with Gasteiger partial charge in [-0.25, -0.2) is 15.0 Å². The zero-order valence-electron chi connectivity index (χ0n) is 53.7. The molecule has 95 heavy (non-hydrogen) atoms. The van der Waals surface area contributed by atoms with Crippen LogP contribution in [0.2, 0.25) is 10.0 Å². The van der Waals surface area contributed by atoms with Crippen molar-refractivity contribution in [2.24, 2.45) is 0 Å². The van der Waals surface area contributed by atoms with Crippen molar-refractivity contribution in [3.05, 3.63) is 195 Å². The first-order valence-corrected chi connectivity index (χ1v) is 32.1. The van der Waals surface area contributed by atoms with Gasteiger partial charge in [0.25, 0.3) is 17.7 Å². The highest BCUT2D eigenvalue weighted by molar-refractivity contribution is 6.32. The molecule has 6 heterocycles. The molecule has 22 heteroatoms. The topological polar surface area (TPSA) is 288 Å². The Morgan fingerprint density at radius 1 is 0.526 bits per heavy atom. The van der Waals surface area contributed by atoms with Gasteiger partial charge in [0, 0.05) is 128 Å². The highest BCUT2D eigenvalue weighted by Crippen LogP contribution is 2.36. The number of aryl methyl sites for hydroxylation is 1. The fourth-order valence-corrected chi connectivity index (χ4v) is 10.9. The van der Waals surface area contributed by atoms with Crippen LogP contribution in [0.4, 0.5) is 17.5 Å². The number of nitrogens with one attached hydrogen (secondary N) is 3. The highest BCUT2D eigenvalue weighted by Gasteiger charge is 2.20. The number of benzene rings is 6. The monoisotopic (exact) mass is 1310 g/mol. The second-order valence-electron chi connectivity index (χ2n) is 22.6. The molecular formula is C73H73Cl2N15O5. The maximum absolute atomic E-state index is 12.7. The predicted molar refractivity (Wildman–Crippen MR) is 379 cm³/mol. The van der Waals surface area contributed by atoms with E-state index in [1.807, 2.05) is 51.1 Å². The number of rotatable bonds is 17. The van der Waals surface area contributed by atoms with Crippen LogP contribution in [-0.4, -0.2) is 122 Å². The van der Waals surface area contributed by atoms with Gasteiger partial charge in [0.05, 0.1) is 16.7 Å². The number of nitrogens with zero attached hydrogens (tertiary/aromatic N) is 9. The Morgan fingerprint density at radius 3 is 1.57 bits per heavy atom. The number of carbonyl (C=O) groups is 3. The second kappa shape index (κ2) is 31.4. The molecular weight excluding hydrogens is 1240 g/mol. The number of carbonyl (C=O) groups excluding carboxylic acids is 3. The van der Waals surface area contributed by atoms with Crippen LogP contribution in [0.15, 0.2) is 155 Å². The molecule has 0 radical (unpaired) electrons. The number of pyridine rings is 3. The summed E-state index contributed by atoms with van der Waals surface area (Å²) >= 11 is 12.2. The SMILES string of the molecule is CCCNC(=O)c1ccc(-c2nnc(-c3cnc(N)c4cc(Cl)ccc34)o2)cc1.CCCNC(=O)c1ccc(-c2nnc(-c3cnc(N)c4ccc(Cl)cc34)o2)cc1.CCN(CC)CCNC(=O)c1ccc(C)c(C#Cc2cnc(N)c3cc(C4=CCN(C)CC4)ccc23)c1. The van der Waals surface area contributed by atoms with Gasteiger partial charge in [-0.2, -0.15) is 0 Å². The van der Waals surface area contributed by atoms with Gasteiger partial charge in [0.1, 0.15) is 17.5 Å². The molecule has 0 saturated carbocycles. The first-order valence-electron chi connectivity index (χ1n) is 31.3. The van der Waals surface area contributed by atoms with Crippen LogP contribution in [0.25, 0.3) is 83.7 Å². The Morgan fingerprint density at radius 2 is 1.00 bits per heavy atom. The molecule has 0 saturated heterocycles. The minimum atomic E-state index is -0.110. The quantitative estimate of drug-likeness (QED) is 0.0462. The van der Waals surface area contributed by atoms with Gasteiger partial charge in [-0.15, -0.1) is 20.4 Å². The Hall–Kier alpha value is -10.6. The molecule has 11 aromatic rings. The molecule has 0 aliphatic carbocycles. The number of fused-ring (bicyclic) bond motifs is 3. The molecule has 0 unspecified atom stereocenters. The maximum Gasteiger partial charge on any atom is 0.251 e. The van der Waals surface area contributed by atoms with E-state index in [2.05, 4.69) is 118 Å². The third kappa shape index (κ3) is 16.4. The summed E-state index contributed by atoms with van der Waals surface area (Å²) in [7, 11) is 2.14. The van der Waals surface area contributed by atoms with Crippen LogP contribution in [0.1, 0.15) is 100 Å². The number of likely N-dealkylation sites (N-methyl/N-ethyl adjacent to an activating group) is 2. The smallest absolute Gasteiger partial charge is 0.251 e. The van der Waals surface area contributed by atoms with E-state index in [0.29, 0.717) is 110 Å². The first kappa shape index (κ1) is 67.3. The van der Waals surface area contributed by atoms with Gasteiger partial charge in [-0.05, 0) is 165 Å². The van der Waals surface area contributed by atoms with E-state index in [1.54, 1.807) is 91.4 Å². The second-order valence-corrected chi connectivity index (χ2v) is 23.5. The Balaban J connectivity index is 0.000000157. The number of hydrogen-bond acceptors (Lipinski definition) is 17. The minimum Gasteiger partial charge on any atom is -0.416 e. The van der Waals surface area contributed by atoms with E-state index in [1.165, 1.54) is 11.1 Å². The molecule has 0 atom stereocenters. The van der Waals surface area contributed by atoms with Crippen molar-refractivity contribution in [2.75, 3.05) is 76.6 Å². The summed E-state index contributed by atoms with van der Waals surface area (Å²) in [6.07, 6.45) is 10.00. The fourth-order valence-electron chi connectivity index (χ4n) is 10.5. The molecule has 484 valence electrons. The molecule has 3 amide bonds. The number of hydrogen-bond donors (Lipinski definition) is 6. The number of aromatic nitrogens is 7. The van der Waals surface area contributed by atoms with Crippen LogP contribution in [0, 0.1) is 18.8 Å². The van der Waals surface area contributed by atoms with Crippen molar-refractivity contribution < 1.29 is 23.2 Å². The number of nitrogens with two attached hydrogens (primary N) is 3. The predicted octanol–water partition coefficient (Wildman–Crippen LogP) is 13.0. The number of halogens is 2. The lowest BCUT2D eigenvalue weighted by Gasteiger charge is -2.22. The molecule has 0 bridgehead atoms. The van der Waals surface area contributed by atoms with Crippen LogP contribution in [0.5, 0.6) is 0 Å². The van der Waals surface area contributed by atoms with Gasteiger partial charge in [0.2, 0.25) is 23.6 Å². The largest absolute Gasteiger partial charge is 0.416 e. The lowest BCUT2D eigenvalue weighted by atomic mass is 9.96. The Kier molecular flexibility index (Phi) is 22.2. The van der Waals surface area contributed by atoms with Crippen molar-refractivity contribution in [3.63, 3.8) is 0 Å². The van der Waals surface area contributed by atoms with Gasteiger partial charge in [0.15, 0.2) is 0 Å². The molecule has 20 nitrogen and oxygen atoms in total. The summed E-state index contributed by atoms with van der Waals surface area (Å²) in [6, 6.07) is 36.8. The molecule has 1 aliphatic rings. The lowest BCUT2D eigenvalue weighted by molar-refractivity contribution is 0.0942. The summed E-state index contributed by atoms with van der Waals surface area (Å²) in [4.78, 5) is 54.2. The third-order valence-electron chi connectivity index (χ3n) is 16.1. The zero-order valence-corrected chi connectivity index (χ0v) is 55.2. The molecule has 1 aliphatic heterocycles.